The summed E-state index contributed by atoms with van der Waals surface area (Å²) in [5.74, 6) is 0.198. The Bertz CT molecular complexity index is 350. The van der Waals surface area contributed by atoms with E-state index in [1.165, 1.54) is 32.0 Å². The number of esters is 1. The molecule has 0 atom stereocenters. The van der Waals surface area contributed by atoms with Gasteiger partial charge in [0, 0.05) is 0 Å². The van der Waals surface area contributed by atoms with E-state index >= 15 is 0 Å². The minimum atomic E-state index is -0.469. The number of aromatic nitrogens is 2. The van der Waals surface area contributed by atoms with Gasteiger partial charge in [-0.25, -0.2) is 4.79 Å². The van der Waals surface area contributed by atoms with E-state index in [0.29, 0.717) is 11.0 Å². The molecule has 0 saturated heterocycles. The third-order valence-corrected chi connectivity index (χ3v) is 2.16. The topological polar surface area (TPSA) is 70.5 Å². The minimum absolute atomic E-state index is 0.190. The molecule has 7 heteroatoms. The molecular formula is C9H12N2O4S. The summed E-state index contributed by atoms with van der Waals surface area (Å²) >= 11 is 1.35. The van der Waals surface area contributed by atoms with Crippen LogP contribution < -0.4 is 9.47 Å². The van der Waals surface area contributed by atoms with Gasteiger partial charge in [-0.2, -0.15) is 9.97 Å². The fourth-order valence-corrected chi connectivity index (χ4v) is 1.21. The molecule has 0 aliphatic rings. The van der Waals surface area contributed by atoms with Crippen molar-refractivity contribution in [2.45, 2.75) is 5.16 Å². The summed E-state index contributed by atoms with van der Waals surface area (Å²) in [7, 11) is 2.79. The molecule has 0 aliphatic heterocycles. The van der Waals surface area contributed by atoms with Crippen LogP contribution in [-0.4, -0.2) is 43.0 Å². The van der Waals surface area contributed by atoms with Crippen molar-refractivity contribution >= 4 is 17.7 Å². The van der Waals surface area contributed by atoms with Crippen molar-refractivity contribution in [1.29, 1.82) is 0 Å². The molecule has 0 fully saturated rings. The van der Waals surface area contributed by atoms with E-state index in [1.807, 2.05) is 6.26 Å². The van der Waals surface area contributed by atoms with Gasteiger partial charge in [-0.05, 0) is 6.26 Å². The second-order valence-electron chi connectivity index (χ2n) is 2.60. The average molecular weight is 244 g/mol. The summed E-state index contributed by atoms with van der Waals surface area (Å²) in [5, 5.41) is 0.513. The summed E-state index contributed by atoms with van der Waals surface area (Å²) in [5.41, 5.74) is 0. The van der Waals surface area contributed by atoms with Gasteiger partial charge >= 0.3 is 5.97 Å². The van der Waals surface area contributed by atoms with E-state index in [1.54, 1.807) is 0 Å². The second-order valence-corrected chi connectivity index (χ2v) is 3.37. The maximum atomic E-state index is 10.9. The largest absolute Gasteiger partial charge is 0.481 e. The van der Waals surface area contributed by atoms with E-state index in [2.05, 4.69) is 14.7 Å². The van der Waals surface area contributed by atoms with Crippen LogP contribution in [0.25, 0.3) is 0 Å². The van der Waals surface area contributed by atoms with Crippen molar-refractivity contribution in [3.05, 3.63) is 6.07 Å². The lowest BCUT2D eigenvalue weighted by atomic mass is 10.6. The van der Waals surface area contributed by atoms with Crippen LogP contribution in [0.15, 0.2) is 11.2 Å². The highest BCUT2D eigenvalue weighted by atomic mass is 32.2. The van der Waals surface area contributed by atoms with E-state index < -0.39 is 5.97 Å². The Morgan fingerprint density at radius 1 is 1.38 bits per heavy atom. The number of hydrogen-bond acceptors (Lipinski definition) is 7. The molecule has 16 heavy (non-hydrogen) atoms. The fourth-order valence-electron chi connectivity index (χ4n) is 0.845. The molecule has 0 saturated carbocycles. The first-order valence-corrected chi connectivity index (χ1v) is 5.58. The molecule has 1 aromatic rings. The zero-order chi connectivity index (χ0) is 12.0. The maximum absolute atomic E-state index is 10.9. The number of hydrogen-bond donors (Lipinski definition) is 0. The van der Waals surface area contributed by atoms with E-state index in [9.17, 15) is 4.79 Å². The molecule has 88 valence electrons. The minimum Gasteiger partial charge on any atom is -0.481 e. The first-order chi connectivity index (χ1) is 7.69. The van der Waals surface area contributed by atoms with Crippen LogP contribution in [-0.2, 0) is 9.53 Å². The second kappa shape index (κ2) is 6.16. The van der Waals surface area contributed by atoms with Gasteiger partial charge in [-0.3, -0.25) is 0 Å². The van der Waals surface area contributed by atoms with Gasteiger partial charge in [-0.1, -0.05) is 11.8 Å². The van der Waals surface area contributed by atoms with Gasteiger partial charge in [0.1, 0.15) is 0 Å². The summed E-state index contributed by atoms with van der Waals surface area (Å²) in [4.78, 5) is 19.0. The highest BCUT2D eigenvalue weighted by Gasteiger charge is 2.07. The Morgan fingerprint density at radius 3 is 2.62 bits per heavy atom. The zero-order valence-electron chi connectivity index (χ0n) is 9.22. The molecule has 0 aromatic carbocycles. The first kappa shape index (κ1) is 12.6. The lowest BCUT2D eigenvalue weighted by Gasteiger charge is -2.06. The molecule has 1 rings (SSSR count). The summed E-state index contributed by atoms with van der Waals surface area (Å²) in [6, 6.07) is 1.50. The predicted octanol–water partition coefficient (Wildman–Crippen LogP) is 0.759. The highest BCUT2D eigenvalue weighted by Crippen LogP contribution is 2.19. The van der Waals surface area contributed by atoms with Crippen molar-refractivity contribution in [2.24, 2.45) is 0 Å². The van der Waals surface area contributed by atoms with Crippen LogP contribution in [0.4, 0.5) is 0 Å². The average Bonchev–Trinajstić information content (AvgIpc) is 2.35. The van der Waals surface area contributed by atoms with Gasteiger partial charge in [0.25, 0.3) is 0 Å². The first-order valence-electron chi connectivity index (χ1n) is 4.36. The van der Waals surface area contributed by atoms with Crippen molar-refractivity contribution < 1.29 is 19.0 Å². The van der Waals surface area contributed by atoms with Crippen molar-refractivity contribution in [1.82, 2.24) is 9.97 Å². The quantitative estimate of drug-likeness (QED) is 0.430. The Kier molecular flexibility index (Phi) is 4.84. The number of ether oxygens (including phenoxy) is 3. The third kappa shape index (κ3) is 3.58. The van der Waals surface area contributed by atoms with Crippen molar-refractivity contribution in [3.63, 3.8) is 0 Å². The molecule has 0 N–H and O–H groups in total. The number of carbonyl (C=O) groups is 1. The Labute approximate surface area is 97.3 Å². The summed E-state index contributed by atoms with van der Waals surface area (Å²) < 4.78 is 14.5. The lowest BCUT2D eigenvalue weighted by molar-refractivity contribution is -0.143. The molecular weight excluding hydrogens is 232 g/mol. The van der Waals surface area contributed by atoms with Gasteiger partial charge in [0.15, 0.2) is 11.8 Å². The number of nitrogens with zero attached hydrogens (tertiary/aromatic N) is 2. The van der Waals surface area contributed by atoms with Crippen LogP contribution in [0.1, 0.15) is 0 Å². The third-order valence-electron chi connectivity index (χ3n) is 1.62. The summed E-state index contributed by atoms with van der Waals surface area (Å²) in [6.45, 7) is -0.190. The van der Waals surface area contributed by atoms with E-state index in [4.69, 9.17) is 9.47 Å². The van der Waals surface area contributed by atoms with Crippen LogP contribution in [0.5, 0.6) is 11.8 Å². The van der Waals surface area contributed by atoms with Crippen molar-refractivity contribution in [3.8, 4) is 11.8 Å². The lowest BCUT2D eigenvalue weighted by Crippen LogP contribution is -2.13. The molecule has 0 bridgehead atoms. The number of thioether (sulfide) groups is 1. The SMILES string of the molecule is COC(=O)COc1cc(OC)nc(SC)n1. The number of methoxy groups -OCH3 is 2. The fraction of sp³-hybridized carbons (Fsp3) is 0.444. The van der Waals surface area contributed by atoms with Crippen LogP contribution in [0, 0.1) is 0 Å². The van der Waals surface area contributed by atoms with Crippen LogP contribution in [0.2, 0.25) is 0 Å². The Morgan fingerprint density at radius 2 is 2.06 bits per heavy atom. The van der Waals surface area contributed by atoms with Gasteiger partial charge in [0.2, 0.25) is 11.8 Å². The molecule has 6 nitrogen and oxygen atoms in total. The van der Waals surface area contributed by atoms with Gasteiger partial charge in [-0.15, -0.1) is 0 Å². The van der Waals surface area contributed by atoms with Crippen LogP contribution >= 0.6 is 11.8 Å². The normalized spacial score (nSPS) is 9.69. The molecule has 1 heterocycles. The van der Waals surface area contributed by atoms with Gasteiger partial charge < -0.3 is 14.2 Å². The molecule has 0 amide bonds. The smallest absolute Gasteiger partial charge is 0.343 e. The highest BCUT2D eigenvalue weighted by molar-refractivity contribution is 7.98. The molecule has 0 aliphatic carbocycles. The number of rotatable bonds is 5. The Balaban J connectivity index is 2.74. The molecule has 0 unspecified atom stereocenters. The zero-order valence-corrected chi connectivity index (χ0v) is 10.0. The molecule has 1 aromatic heterocycles. The van der Waals surface area contributed by atoms with E-state index in [-0.39, 0.29) is 12.5 Å². The standard InChI is InChI=1S/C9H12N2O4S/c1-13-6-4-7(11-9(10-6)16-3)15-5-8(12)14-2/h4H,5H2,1-3H3. The Hall–Kier alpha value is -1.50. The number of carbonyl (C=O) groups excluding carboxylic acids is 1. The molecule has 0 radical (unpaired) electrons. The van der Waals surface area contributed by atoms with Gasteiger partial charge in [0.05, 0.1) is 20.3 Å². The van der Waals surface area contributed by atoms with Crippen LogP contribution in [0.3, 0.4) is 0 Å². The van der Waals surface area contributed by atoms with E-state index in [0.717, 1.165) is 0 Å². The molecule has 0 spiro atoms. The monoisotopic (exact) mass is 244 g/mol. The summed E-state index contributed by atoms with van der Waals surface area (Å²) in [6.07, 6.45) is 1.83. The predicted molar refractivity (Wildman–Crippen MR) is 57.9 cm³/mol. The van der Waals surface area contributed by atoms with Crippen molar-refractivity contribution in [2.75, 3.05) is 27.1 Å². The maximum Gasteiger partial charge on any atom is 0.343 e.